The molecule has 1 nitrogen and oxygen atoms in total. The summed E-state index contributed by atoms with van der Waals surface area (Å²) >= 11 is 5.97. The van der Waals surface area contributed by atoms with E-state index in [0.717, 1.165) is 11.0 Å². The quantitative estimate of drug-likeness (QED) is 0.709. The number of rotatable bonds is 5. The van der Waals surface area contributed by atoms with E-state index in [4.69, 9.17) is 0 Å². The first kappa shape index (κ1) is 14.5. The summed E-state index contributed by atoms with van der Waals surface area (Å²) in [4.78, 5) is 0. The van der Waals surface area contributed by atoms with Crippen molar-refractivity contribution in [3.8, 4) is 0 Å². The lowest BCUT2D eigenvalue weighted by Gasteiger charge is -2.22. The molecule has 0 aromatic heterocycles. The third kappa shape index (κ3) is 4.34. The summed E-state index contributed by atoms with van der Waals surface area (Å²) in [5.74, 6) is 0.707. The van der Waals surface area contributed by atoms with E-state index in [-0.39, 0.29) is 0 Å². The van der Waals surface area contributed by atoms with E-state index in [1.54, 1.807) is 0 Å². The highest BCUT2D eigenvalue weighted by molar-refractivity contribution is 14.1. The van der Waals surface area contributed by atoms with Crippen LogP contribution in [0.4, 0.5) is 0 Å². The summed E-state index contributed by atoms with van der Waals surface area (Å²) in [7, 11) is 0. The molecular formula is C13H19BrIN. The van der Waals surface area contributed by atoms with Gasteiger partial charge in [0, 0.05) is 14.1 Å². The molecule has 0 heterocycles. The molecular weight excluding hydrogens is 377 g/mol. The van der Waals surface area contributed by atoms with Gasteiger partial charge in [0.25, 0.3) is 0 Å². The van der Waals surface area contributed by atoms with Crippen LogP contribution in [0.15, 0.2) is 22.7 Å². The Morgan fingerprint density at radius 2 is 2.06 bits per heavy atom. The fraction of sp³-hybridized carbons (Fsp3) is 0.538. The number of halogens is 2. The van der Waals surface area contributed by atoms with Crippen LogP contribution in [0.2, 0.25) is 0 Å². The minimum absolute atomic E-state index is 0.467. The number of hydrogen-bond donors (Lipinski definition) is 1. The SMILES string of the molecule is CCNC(CC(C)C)c1cc(Br)ccc1I. The van der Waals surface area contributed by atoms with Crippen LogP contribution in [0, 0.1) is 9.49 Å². The monoisotopic (exact) mass is 395 g/mol. The zero-order valence-corrected chi connectivity index (χ0v) is 13.8. The maximum absolute atomic E-state index is 3.57. The summed E-state index contributed by atoms with van der Waals surface area (Å²) in [6, 6.07) is 6.97. The largest absolute Gasteiger partial charge is 0.310 e. The molecule has 0 fully saturated rings. The highest BCUT2D eigenvalue weighted by Crippen LogP contribution is 2.28. The second kappa shape index (κ2) is 6.97. The lowest BCUT2D eigenvalue weighted by Crippen LogP contribution is -2.23. The average molecular weight is 396 g/mol. The summed E-state index contributed by atoms with van der Waals surface area (Å²) in [5.41, 5.74) is 1.41. The van der Waals surface area contributed by atoms with E-state index in [1.807, 2.05) is 0 Å². The van der Waals surface area contributed by atoms with Crippen molar-refractivity contribution in [1.82, 2.24) is 5.32 Å². The zero-order chi connectivity index (χ0) is 12.1. The Labute approximate surface area is 121 Å². The van der Waals surface area contributed by atoms with Gasteiger partial charge in [-0.25, -0.2) is 0 Å². The second-order valence-corrected chi connectivity index (χ2v) is 6.48. The molecule has 1 aromatic rings. The topological polar surface area (TPSA) is 12.0 Å². The van der Waals surface area contributed by atoms with Crippen LogP contribution in [-0.4, -0.2) is 6.54 Å². The minimum atomic E-state index is 0.467. The zero-order valence-electron chi connectivity index (χ0n) is 10.1. The summed E-state index contributed by atoms with van der Waals surface area (Å²) < 4.78 is 2.50. The Hall–Kier alpha value is 0.390. The van der Waals surface area contributed by atoms with E-state index in [1.165, 1.54) is 15.6 Å². The van der Waals surface area contributed by atoms with Gasteiger partial charge in [0.2, 0.25) is 0 Å². The van der Waals surface area contributed by atoms with Crippen LogP contribution < -0.4 is 5.32 Å². The fourth-order valence-corrected chi connectivity index (χ4v) is 2.91. The molecule has 0 radical (unpaired) electrons. The Kier molecular flexibility index (Phi) is 6.29. The lowest BCUT2D eigenvalue weighted by molar-refractivity contribution is 0.437. The first-order valence-corrected chi connectivity index (χ1v) is 7.60. The van der Waals surface area contributed by atoms with E-state index in [2.05, 4.69) is 82.8 Å². The predicted molar refractivity (Wildman–Crippen MR) is 82.7 cm³/mol. The van der Waals surface area contributed by atoms with Gasteiger partial charge < -0.3 is 5.32 Å². The Balaban J connectivity index is 2.94. The van der Waals surface area contributed by atoms with E-state index >= 15 is 0 Å². The number of nitrogens with one attached hydrogen (secondary N) is 1. The highest BCUT2D eigenvalue weighted by Gasteiger charge is 2.15. The van der Waals surface area contributed by atoms with Crippen LogP contribution in [0.25, 0.3) is 0 Å². The smallest absolute Gasteiger partial charge is 0.0333 e. The maximum atomic E-state index is 3.57. The molecule has 90 valence electrons. The molecule has 0 saturated carbocycles. The molecule has 0 aliphatic heterocycles. The van der Waals surface area contributed by atoms with Crippen molar-refractivity contribution in [2.24, 2.45) is 5.92 Å². The predicted octanol–water partition coefficient (Wildman–Crippen LogP) is 4.75. The molecule has 0 saturated heterocycles. The number of benzene rings is 1. The molecule has 3 heteroatoms. The van der Waals surface area contributed by atoms with Crippen molar-refractivity contribution in [2.75, 3.05) is 6.54 Å². The molecule has 0 aliphatic carbocycles. The van der Waals surface area contributed by atoms with Crippen molar-refractivity contribution in [1.29, 1.82) is 0 Å². The molecule has 1 unspecified atom stereocenters. The second-order valence-electron chi connectivity index (χ2n) is 4.41. The van der Waals surface area contributed by atoms with Gasteiger partial charge >= 0.3 is 0 Å². The van der Waals surface area contributed by atoms with E-state index in [0.29, 0.717) is 12.0 Å². The summed E-state index contributed by atoms with van der Waals surface area (Å²) in [6.07, 6.45) is 1.18. The molecule has 0 aliphatic rings. The number of hydrogen-bond acceptors (Lipinski definition) is 1. The fourth-order valence-electron chi connectivity index (χ4n) is 1.82. The van der Waals surface area contributed by atoms with Crippen molar-refractivity contribution in [3.63, 3.8) is 0 Å². The van der Waals surface area contributed by atoms with Crippen LogP contribution in [0.3, 0.4) is 0 Å². The molecule has 1 atom stereocenters. The lowest BCUT2D eigenvalue weighted by atomic mass is 9.97. The summed E-state index contributed by atoms with van der Waals surface area (Å²) in [5, 5.41) is 3.57. The van der Waals surface area contributed by atoms with Gasteiger partial charge in [-0.3, -0.25) is 0 Å². The Bertz CT molecular complexity index is 339. The van der Waals surface area contributed by atoms with E-state index in [9.17, 15) is 0 Å². The standard InChI is InChI=1S/C13H19BrIN/c1-4-16-13(7-9(2)3)11-8-10(14)5-6-12(11)15/h5-6,8-9,13,16H,4,7H2,1-3H3. The highest BCUT2D eigenvalue weighted by atomic mass is 127. The van der Waals surface area contributed by atoms with Gasteiger partial charge in [-0.2, -0.15) is 0 Å². The third-order valence-corrected chi connectivity index (χ3v) is 3.97. The van der Waals surface area contributed by atoms with Gasteiger partial charge in [0.05, 0.1) is 0 Å². The summed E-state index contributed by atoms with van der Waals surface area (Å²) in [6.45, 7) is 7.72. The van der Waals surface area contributed by atoms with Crippen LogP contribution in [0.5, 0.6) is 0 Å². The molecule has 1 aromatic carbocycles. The van der Waals surface area contributed by atoms with Crippen molar-refractivity contribution >= 4 is 38.5 Å². The maximum Gasteiger partial charge on any atom is 0.0333 e. The molecule has 0 amide bonds. The normalized spacial score (nSPS) is 13.1. The van der Waals surface area contributed by atoms with Crippen molar-refractivity contribution in [3.05, 3.63) is 31.8 Å². The van der Waals surface area contributed by atoms with Gasteiger partial charge in [0.15, 0.2) is 0 Å². The van der Waals surface area contributed by atoms with Crippen LogP contribution in [-0.2, 0) is 0 Å². The third-order valence-electron chi connectivity index (χ3n) is 2.49. The molecule has 0 spiro atoms. The van der Waals surface area contributed by atoms with Crippen molar-refractivity contribution < 1.29 is 0 Å². The van der Waals surface area contributed by atoms with Gasteiger partial charge in [0.1, 0.15) is 0 Å². The molecule has 16 heavy (non-hydrogen) atoms. The van der Waals surface area contributed by atoms with Crippen molar-refractivity contribution in [2.45, 2.75) is 33.2 Å². The molecule has 1 rings (SSSR count). The van der Waals surface area contributed by atoms with Gasteiger partial charge in [-0.1, -0.05) is 36.7 Å². The minimum Gasteiger partial charge on any atom is -0.310 e. The molecule has 1 N–H and O–H groups in total. The van der Waals surface area contributed by atoms with Crippen LogP contribution in [0.1, 0.15) is 38.8 Å². The Morgan fingerprint density at radius 1 is 1.38 bits per heavy atom. The first-order chi connectivity index (χ1) is 7.54. The average Bonchev–Trinajstić information content (AvgIpc) is 2.20. The van der Waals surface area contributed by atoms with Crippen LogP contribution >= 0.6 is 38.5 Å². The Morgan fingerprint density at radius 3 is 2.62 bits per heavy atom. The van der Waals surface area contributed by atoms with Gasteiger partial charge in [-0.15, -0.1) is 0 Å². The molecule has 0 bridgehead atoms. The first-order valence-electron chi connectivity index (χ1n) is 5.73. The van der Waals surface area contributed by atoms with E-state index < -0.39 is 0 Å². The van der Waals surface area contributed by atoms with Gasteiger partial charge in [-0.05, 0) is 65.2 Å².